The molecule has 21 heavy (non-hydrogen) atoms. The number of nitriles is 1. The lowest BCUT2D eigenvalue weighted by Crippen LogP contribution is -2.41. The number of likely N-dealkylation sites (tertiary alicyclic amines) is 1. The highest BCUT2D eigenvalue weighted by Crippen LogP contribution is 2.30. The predicted octanol–water partition coefficient (Wildman–Crippen LogP) is 3.19. The highest BCUT2D eigenvalue weighted by molar-refractivity contribution is 5.44. The summed E-state index contributed by atoms with van der Waals surface area (Å²) in [4.78, 5) is 6.92. The second-order valence-corrected chi connectivity index (χ2v) is 6.44. The Morgan fingerprint density at radius 1 is 1.29 bits per heavy atom. The van der Waals surface area contributed by atoms with Gasteiger partial charge in [-0.15, -0.1) is 0 Å². The Kier molecular flexibility index (Phi) is 3.69. The molecular weight excluding hydrogens is 260 g/mol. The fraction of sp³-hybridized carbons (Fsp3) is 0.529. The first kappa shape index (κ1) is 14.1. The van der Waals surface area contributed by atoms with E-state index >= 15 is 0 Å². The van der Waals surface area contributed by atoms with E-state index in [0.29, 0.717) is 11.8 Å². The third kappa shape index (κ3) is 2.54. The maximum atomic E-state index is 9.77. The van der Waals surface area contributed by atoms with Crippen LogP contribution in [0.15, 0.2) is 24.4 Å². The van der Waals surface area contributed by atoms with Gasteiger partial charge < -0.3 is 4.40 Å². The van der Waals surface area contributed by atoms with Crippen molar-refractivity contribution in [2.24, 2.45) is 11.8 Å². The Bertz CT molecular complexity index is 672. The summed E-state index contributed by atoms with van der Waals surface area (Å²) >= 11 is 0. The van der Waals surface area contributed by atoms with Crippen LogP contribution in [-0.4, -0.2) is 27.4 Å². The van der Waals surface area contributed by atoms with Crippen molar-refractivity contribution in [3.05, 3.63) is 35.8 Å². The molecule has 1 fully saturated rings. The van der Waals surface area contributed by atoms with E-state index in [2.05, 4.69) is 34.2 Å². The van der Waals surface area contributed by atoms with Crippen LogP contribution in [-0.2, 0) is 0 Å². The lowest BCUT2D eigenvalue weighted by molar-refractivity contribution is 0.115. The highest BCUT2D eigenvalue weighted by atomic mass is 15.2. The number of aryl methyl sites for hydroxylation is 1. The fourth-order valence-electron chi connectivity index (χ4n) is 3.70. The number of hydrogen-bond donors (Lipinski definition) is 0. The number of imidazole rings is 1. The molecule has 4 nitrogen and oxygen atoms in total. The molecule has 1 aliphatic rings. The van der Waals surface area contributed by atoms with Crippen molar-refractivity contribution in [2.45, 2.75) is 33.2 Å². The smallest absolute Gasteiger partial charge is 0.141 e. The van der Waals surface area contributed by atoms with Gasteiger partial charge >= 0.3 is 0 Å². The van der Waals surface area contributed by atoms with E-state index in [9.17, 15) is 5.26 Å². The standard InChI is InChI=1S/C17H22N4/c1-12-8-13(2)11-20(10-12)15(9-18)17-14(3)19-16-6-4-5-7-21(16)17/h4-7,12-13,15H,8,10-11H2,1-3H3. The molecule has 3 atom stereocenters. The summed E-state index contributed by atoms with van der Waals surface area (Å²) in [6.07, 6.45) is 3.26. The molecule has 3 unspecified atom stereocenters. The molecule has 4 heteroatoms. The van der Waals surface area contributed by atoms with E-state index < -0.39 is 0 Å². The summed E-state index contributed by atoms with van der Waals surface area (Å²) in [7, 11) is 0. The number of pyridine rings is 1. The Labute approximate surface area is 126 Å². The molecule has 0 saturated carbocycles. The molecule has 3 heterocycles. The summed E-state index contributed by atoms with van der Waals surface area (Å²) in [5.74, 6) is 1.29. The molecule has 0 aliphatic carbocycles. The number of rotatable bonds is 2. The quantitative estimate of drug-likeness (QED) is 0.849. The largest absolute Gasteiger partial charge is 0.301 e. The fourth-order valence-corrected chi connectivity index (χ4v) is 3.70. The monoisotopic (exact) mass is 282 g/mol. The molecule has 2 aromatic heterocycles. The van der Waals surface area contributed by atoms with Gasteiger partial charge in [-0.05, 0) is 37.3 Å². The summed E-state index contributed by atoms with van der Waals surface area (Å²) in [5.41, 5.74) is 2.90. The predicted molar refractivity (Wildman–Crippen MR) is 82.8 cm³/mol. The first-order valence-corrected chi connectivity index (χ1v) is 7.67. The van der Waals surface area contributed by atoms with Crippen LogP contribution >= 0.6 is 0 Å². The SMILES string of the molecule is Cc1nc2ccccn2c1C(C#N)N1CC(C)CC(C)C1. The second-order valence-electron chi connectivity index (χ2n) is 6.44. The molecule has 2 aromatic rings. The van der Waals surface area contributed by atoms with Gasteiger partial charge in [0, 0.05) is 19.3 Å². The number of hydrogen-bond acceptors (Lipinski definition) is 3. The molecular formula is C17H22N4. The van der Waals surface area contributed by atoms with Gasteiger partial charge in [-0.3, -0.25) is 4.90 Å². The van der Waals surface area contributed by atoms with E-state index in [1.165, 1.54) is 6.42 Å². The second kappa shape index (κ2) is 5.50. The molecule has 110 valence electrons. The molecule has 3 rings (SSSR count). The zero-order valence-corrected chi connectivity index (χ0v) is 13.0. The van der Waals surface area contributed by atoms with E-state index in [1.54, 1.807) is 0 Å². The third-order valence-electron chi connectivity index (χ3n) is 4.39. The average Bonchev–Trinajstić information content (AvgIpc) is 2.76. The van der Waals surface area contributed by atoms with Crippen LogP contribution in [0.25, 0.3) is 5.65 Å². The van der Waals surface area contributed by atoms with Crippen molar-refractivity contribution in [2.75, 3.05) is 13.1 Å². The molecule has 0 spiro atoms. The molecule has 0 bridgehead atoms. The van der Waals surface area contributed by atoms with Crippen LogP contribution in [0, 0.1) is 30.1 Å². The average molecular weight is 282 g/mol. The minimum atomic E-state index is -0.215. The van der Waals surface area contributed by atoms with Crippen LogP contribution in [0.5, 0.6) is 0 Å². The summed E-state index contributed by atoms with van der Waals surface area (Å²) < 4.78 is 2.06. The van der Waals surface area contributed by atoms with E-state index in [-0.39, 0.29) is 6.04 Å². The van der Waals surface area contributed by atoms with Gasteiger partial charge in [0.15, 0.2) is 0 Å². The van der Waals surface area contributed by atoms with Crippen LogP contribution in [0.1, 0.15) is 37.7 Å². The lowest BCUT2D eigenvalue weighted by atomic mass is 9.90. The number of fused-ring (bicyclic) bond motifs is 1. The third-order valence-corrected chi connectivity index (χ3v) is 4.39. The van der Waals surface area contributed by atoms with Crippen LogP contribution < -0.4 is 0 Å². The zero-order valence-electron chi connectivity index (χ0n) is 13.0. The Morgan fingerprint density at radius 3 is 2.67 bits per heavy atom. The van der Waals surface area contributed by atoms with Gasteiger partial charge in [-0.2, -0.15) is 5.26 Å². The summed E-state index contributed by atoms with van der Waals surface area (Å²) in [6, 6.07) is 8.27. The van der Waals surface area contributed by atoms with Gasteiger partial charge in [0.05, 0.1) is 17.5 Å². The van der Waals surface area contributed by atoms with Crippen molar-refractivity contribution >= 4 is 5.65 Å². The normalized spacial score (nSPS) is 24.9. The van der Waals surface area contributed by atoms with Gasteiger partial charge in [0.25, 0.3) is 0 Å². The maximum absolute atomic E-state index is 9.77. The summed E-state index contributed by atoms with van der Waals surface area (Å²) in [6.45, 7) is 8.53. The topological polar surface area (TPSA) is 44.3 Å². The first-order valence-electron chi connectivity index (χ1n) is 7.67. The van der Waals surface area contributed by atoms with E-state index in [1.807, 2.05) is 31.3 Å². The lowest BCUT2D eigenvalue weighted by Gasteiger charge is -2.37. The van der Waals surface area contributed by atoms with Gasteiger partial charge in [-0.25, -0.2) is 4.98 Å². The molecule has 0 radical (unpaired) electrons. The number of piperidine rings is 1. The van der Waals surface area contributed by atoms with Crippen molar-refractivity contribution in [1.82, 2.24) is 14.3 Å². The van der Waals surface area contributed by atoms with Crippen molar-refractivity contribution in [3.63, 3.8) is 0 Å². The molecule has 1 saturated heterocycles. The minimum absolute atomic E-state index is 0.215. The van der Waals surface area contributed by atoms with Gasteiger partial charge in [0.2, 0.25) is 0 Å². The molecule has 1 aliphatic heterocycles. The zero-order chi connectivity index (χ0) is 15.0. The number of aromatic nitrogens is 2. The Morgan fingerprint density at radius 2 is 2.00 bits per heavy atom. The van der Waals surface area contributed by atoms with E-state index in [4.69, 9.17) is 0 Å². The first-order chi connectivity index (χ1) is 10.1. The van der Waals surface area contributed by atoms with Crippen molar-refractivity contribution in [3.8, 4) is 6.07 Å². The highest BCUT2D eigenvalue weighted by Gasteiger charge is 2.31. The minimum Gasteiger partial charge on any atom is -0.301 e. The molecule has 0 N–H and O–H groups in total. The van der Waals surface area contributed by atoms with Crippen LogP contribution in [0.2, 0.25) is 0 Å². The van der Waals surface area contributed by atoms with Crippen molar-refractivity contribution in [1.29, 1.82) is 5.26 Å². The molecule has 0 amide bonds. The number of nitrogens with zero attached hydrogens (tertiary/aromatic N) is 4. The van der Waals surface area contributed by atoms with Gasteiger partial charge in [-0.1, -0.05) is 19.9 Å². The van der Waals surface area contributed by atoms with Crippen LogP contribution in [0.3, 0.4) is 0 Å². The van der Waals surface area contributed by atoms with Crippen molar-refractivity contribution < 1.29 is 0 Å². The van der Waals surface area contributed by atoms with Gasteiger partial charge in [0.1, 0.15) is 11.7 Å². The Balaban J connectivity index is 2.03. The molecule has 0 aromatic carbocycles. The Hall–Kier alpha value is -1.86. The summed E-state index contributed by atoms with van der Waals surface area (Å²) in [5, 5.41) is 9.77. The maximum Gasteiger partial charge on any atom is 0.141 e. The van der Waals surface area contributed by atoms with Crippen LogP contribution in [0.4, 0.5) is 0 Å². The van der Waals surface area contributed by atoms with E-state index in [0.717, 1.165) is 30.1 Å².